The summed E-state index contributed by atoms with van der Waals surface area (Å²) in [5.41, 5.74) is 4.91. The van der Waals surface area contributed by atoms with Crippen molar-refractivity contribution in [2.24, 2.45) is 0 Å². The normalized spacial score (nSPS) is 11.2. The summed E-state index contributed by atoms with van der Waals surface area (Å²) in [5.74, 6) is 0.608. The Kier molecular flexibility index (Phi) is 7.76. The van der Waals surface area contributed by atoms with E-state index < -0.39 is 10.0 Å². The molecule has 33 heavy (non-hydrogen) atoms. The van der Waals surface area contributed by atoms with Crippen molar-refractivity contribution in [2.75, 3.05) is 17.2 Å². The molecule has 0 aromatic heterocycles. The molecule has 0 saturated heterocycles. The number of carbonyl (C=O) groups is 1. The zero-order chi connectivity index (χ0) is 24.0. The lowest BCUT2D eigenvalue weighted by molar-refractivity contribution is 0.0951. The molecule has 6 nitrogen and oxygen atoms in total. The third-order valence-electron chi connectivity index (χ3n) is 5.12. The smallest absolute Gasteiger partial charge is 0.251 e. The lowest BCUT2D eigenvalue weighted by Gasteiger charge is -2.23. The zero-order valence-electron chi connectivity index (χ0n) is 19.5. The predicted molar refractivity (Wildman–Crippen MR) is 132 cm³/mol. The molecule has 174 valence electrons. The molecule has 7 heteroatoms. The number of ether oxygens (including phenoxy) is 1. The fourth-order valence-electron chi connectivity index (χ4n) is 3.58. The van der Waals surface area contributed by atoms with E-state index in [0.717, 1.165) is 28.0 Å². The maximum atomic E-state index is 12.5. The summed E-state index contributed by atoms with van der Waals surface area (Å²) in [6.45, 7) is 7.02. The lowest BCUT2D eigenvalue weighted by atomic mass is 10.1. The quantitative estimate of drug-likeness (QED) is 0.500. The minimum Gasteiger partial charge on any atom is -0.494 e. The molecule has 0 saturated carbocycles. The molecule has 0 aliphatic rings. The summed E-state index contributed by atoms with van der Waals surface area (Å²) in [6, 6.07) is 20.3. The second-order valence-electron chi connectivity index (χ2n) is 8.07. The van der Waals surface area contributed by atoms with E-state index in [0.29, 0.717) is 24.4 Å². The molecule has 0 spiro atoms. The van der Waals surface area contributed by atoms with Crippen LogP contribution in [0, 0.1) is 13.8 Å². The molecule has 0 radical (unpaired) electrons. The van der Waals surface area contributed by atoms with Crippen molar-refractivity contribution >= 4 is 21.6 Å². The van der Waals surface area contributed by atoms with Gasteiger partial charge in [0.25, 0.3) is 5.91 Å². The molecule has 0 aliphatic heterocycles. The van der Waals surface area contributed by atoms with E-state index in [9.17, 15) is 13.2 Å². The van der Waals surface area contributed by atoms with Crippen LogP contribution >= 0.6 is 0 Å². The molecule has 1 amide bonds. The Morgan fingerprint density at radius 2 is 1.48 bits per heavy atom. The molecule has 3 rings (SSSR count). The largest absolute Gasteiger partial charge is 0.494 e. The van der Waals surface area contributed by atoms with Crippen LogP contribution < -0.4 is 14.4 Å². The summed E-state index contributed by atoms with van der Waals surface area (Å²) in [6.07, 6.45) is 1.20. The highest BCUT2D eigenvalue weighted by atomic mass is 32.2. The first kappa shape index (κ1) is 24.3. The van der Waals surface area contributed by atoms with Crippen molar-refractivity contribution in [3.63, 3.8) is 0 Å². The van der Waals surface area contributed by atoms with Crippen molar-refractivity contribution < 1.29 is 17.9 Å². The Morgan fingerprint density at radius 1 is 0.909 bits per heavy atom. The zero-order valence-corrected chi connectivity index (χ0v) is 20.3. The first-order chi connectivity index (χ1) is 15.7. The molecule has 0 bridgehead atoms. The van der Waals surface area contributed by atoms with E-state index in [1.54, 1.807) is 24.3 Å². The van der Waals surface area contributed by atoms with Gasteiger partial charge in [-0.1, -0.05) is 30.3 Å². The van der Waals surface area contributed by atoms with Gasteiger partial charge in [-0.05, 0) is 79.4 Å². The number of sulfonamides is 1. The Bertz CT molecular complexity index is 1180. The van der Waals surface area contributed by atoms with Gasteiger partial charge < -0.3 is 10.1 Å². The number of hydrogen-bond donors (Lipinski definition) is 1. The van der Waals surface area contributed by atoms with E-state index >= 15 is 0 Å². The number of nitrogens with one attached hydrogen (secondary N) is 1. The van der Waals surface area contributed by atoms with Crippen molar-refractivity contribution in [2.45, 2.75) is 33.9 Å². The number of benzene rings is 3. The molecule has 0 heterocycles. The lowest BCUT2D eigenvalue weighted by Crippen LogP contribution is -2.29. The van der Waals surface area contributed by atoms with Crippen molar-refractivity contribution in [1.82, 2.24) is 5.32 Å². The molecule has 0 atom stereocenters. The van der Waals surface area contributed by atoms with Crippen LogP contribution in [0.2, 0.25) is 0 Å². The summed E-state index contributed by atoms with van der Waals surface area (Å²) < 4.78 is 31.7. The number of carbonyl (C=O) groups excluding carboxylic acids is 1. The molecule has 3 aromatic rings. The highest BCUT2D eigenvalue weighted by molar-refractivity contribution is 7.92. The van der Waals surface area contributed by atoms with Crippen molar-refractivity contribution in [3.8, 4) is 5.75 Å². The Hall–Kier alpha value is -3.32. The minimum absolute atomic E-state index is 0.190. The van der Waals surface area contributed by atoms with Crippen LogP contribution in [0.5, 0.6) is 5.75 Å². The fraction of sp³-hybridized carbons (Fsp3) is 0.269. The van der Waals surface area contributed by atoms with Gasteiger partial charge in [0.1, 0.15) is 5.75 Å². The topological polar surface area (TPSA) is 75.7 Å². The molecule has 1 N–H and O–H groups in total. The van der Waals surface area contributed by atoms with E-state index in [4.69, 9.17) is 4.74 Å². The molecular formula is C26H30N2O4S. The van der Waals surface area contributed by atoms with Gasteiger partial charge in [-0.3, -0.25) is 9.10 Å². The number of anilines is 1. The average molecular weight is 467 g/mol. The highest BCUT2D eigenvalue weighted by Gasteiger charge is 2.19. The van der Waals surface area contributed by atoms with Crippen LogP contribution in [0.25, 0.3) is 0 Å². The highest BCUT2D eigenvalue weighted by Crippen LogP contribution is 2.24. The van der Waals surface area contributed by atoms with E-state index in [1.807, 2.05) is 63.2 Å². The summed E-state index contributed by atoms with van der Waals surface area (Å²) >= 11 is 0. The Labute approximate surface area is 196 Å². The van der Waals surface area contributed by atoms with Crippen molar-refractivity contribution in [3.05, 3.63) is 94.5 Å². The van der Waals surface area contributed by atoms with Crippen LogP contribution in [-0.4, -0.2) is 27.2 Å². The second-order valence-corrected chi connectivity index (χ2v) is 9.98. The molecule has 3 aromatic carbocycles. The molecule has 0 unspecified atom stereocenters. The third-order valence-corrected chi connectivity index (χ3v) is 6.27. The van der Waals surface area contributed by atoms with Gasteiger partial charge >= 0.3 is 0 Å². The SMILES string of the molecule is CCOc1ccc(CNC(=O)c2ccc(CN(c3cc(C)cc(C)c3)S(C)(=O)=O)cc2)cc1. The first-order valence-corrected chi connectivity index (χ1v) is 12.7. The Balaban J connectivity index is 1.67. The maximum Gasteiger partial charge on any atom is 0.251 e. The number of nitrogens with zero attached hydrogens (tertiary/aromatic N) is 1. The summed E-state index contributed by atoms with van der Waals surface area (Å²) in [5, 5.41) is 2.90. The molecule has 0 fully saturated rings. The number of amides is 1. The standard InChI is InChI=1S/C26H30N2O4S/c1-5-32-25-12-8-21(9-13-25)17-27-26(29)23-10-6-22(7-11-23)18-28(33(4,30)31)24-15-19(2)14-20(3)16-24/h6-16H,5,17-18H2,1-4H3,(H,27,29). The number of hydrogen-bond acceptors (Lipinski definition) is 4. The van der Waals surface area contributed by atoms with E-state index in [1.165, 1.54) is 10.6 Å². The summed E-state index contributed by atoms with van der Waals surface area (Å²) in [7, 11) is -3.48. The van der Waals surface area contributed by atoms with Crippen LogP contribution in [0.3, 0.4) is 0 Å². The fourth-order valence-corrected chi connectivity index (χ4v) is 4.45. The third kappa shape index (κ3) is 6.83. The van der Waals surface area contributed by atoms with Crippen LogP contribution in [0.15, 0.2) is 66.7 Å². The van der Waals surface area contributed by atoms with Crippen LogP contribution in [-0.2, 0) is 23.1 Å². The maximum absolute atomic E-state index is 12.5. The monoisotopic (exact) mass is 466 g/mol. The first-order valence-electron chi connectivity index (χ1n) is 10.8. The van der Waals surface area contributed by atoms with E-state index in [-0.39, 0.29) is 12.5 Å². The van der Waals surface area contributed by atoms with Gasteiger partial charge in [0.2, 0.25) is 10.0 Å². The van der Waals surface area contributed by atoms with E-state index in [2.05, 4.69) is 5.32 Å². The van der Waals surface area contributed by atoms with Crippen LogP contribution in [0.1, 0.15) is 39.5 Å². The van der Waals surface area contributed by atoms with Gasteiger partial charge in [0.05, 0.1) is 25.1 Å². The van der Waals surface area contributed by atoms with Gasteiger partial charge in [0.15, 0.2) is 0 Å². The minimum atomic E-state index is -3.48. The molecule has 0 aliphatic carbocycles. The predicted octanol–water partition coefficient (Wildman–Crippen LogP) is 4.60. The molecular weight excluding hydrogens is 436 g/mol. The second kappa shape index (κ2) is 10.5. The average Bonchev–Trinajstić information content (AvgIpc) is 2.76. The summed E-state index contributed by atoms with van der Waals surface area (Å²) in [4.78, 5) is 12.5. The van der Waals surface area contributed by atoms with Gasteiger partial charge in [-0.25, -0.2) is 8.42 Å². The van der Waals surface area contributed by atoms with Gasteiger partial charge in [-0.15, -0.1) is 0 Å². The van der Waals surface area contributed by atoms with Gasteiger partial charge in [0, 0.05) is 12.1 Å². The van der Waals surface area contributed by atoms with Crippen LogP contribution in [0.4, 0.5) is 5.69 Å². The number of aryl methyl sites for hydroxylation is 2. The Morgan fingerprint density at radius 3 is 2.03 bits per heavy atom. The number of rotatable bonds is 9. The van der Waals surface area contributed by atoms with Crippen molar-refractivity contribution in [1.29, 1.82) is 0 Å². The van der Waals surface area contributed by atoms with Gasteiger partial charge in [-0.2, -0.15) is 0 Å².